The third kappa shape index (κ3) is 6.71. The first-order chi connectivity index (χ1) is 9.43. The molecule has 0 aliphatic heterocycles. The number of aliphatic carboxylic acids is 1. The van der Waals surface area contributed by atoms with E-state index in [1.165, 1.54) is 0 Å². The van der Waals surface area contributed by atoms with Crippen LogP contribution in [0.15, 0.2) is 0 Å². The molecule has 0 saturated carbocycles. The molecule has 0 aromatic heterocycles. The molecule has 6 heteroatoms. The molecule has 1 atom stereocenters. The van der Waals surface area contributed by atoms with Gasteiger partial charge in [-0.1, -0.05) is 20.8 Å². The van der Waals surface area contributed by atoms with Crippen LogP contribution in [0.25, 0.3) is 0 Å². The second kappa shape index (κ2) is 7.54. The highest BCUT2D eigenvalue weighted by atomic mass is 16.6. The van der Waals surface area contributed by atoms with E-state index < -0.39 is 29.9 Å². The average molecular weight is 301 g/mol. The van der Waals surface area contributed by atoms with Crippen LogP contribution in [0.1, 0.15) is 40.0 Å². The first kappa shape index (κ1) is 19.6. The molecule has 0 aromatic rings. The van der Waals surface area contributed by atoms with Crippen molar-refractivity contribution in [2.45, 2.75) is 45.6 Å². The lowest BCUT2D eigenvalue weighted by Gasteiger charge is -2.38. The molecule has 0 fully saturated rings. The predicted octanol–water partition coefficient (Wildman–Crippen LogP) is 0.140. The Morgan fingerprint density at radius 2 is 1.71 bits per heavy atom. The summed E-state index contributed by atoms with van der Waals surface area (Å²) in [6, 6.07) is 0. The fraction of sp³-hybridized carbons (Fsp3) is 0.800. The number of carboxylic acids is 1. The monoisotopic (exact) mass is 301 g/mol. The lowest BCUT2D eigenvalue weighted by Crippen LogP contribution is -2.59. The first-order valence-electron chi connectivity index (χ1n) is 7.20. The standard InChI is InChI=1S/C15H27NO5/c1-7-8-13(19)21-15(9-12(17)18,10-16(4,5)6)14(20)11(2)3/h11H,7-10H2,1-6H3. The van der Waals surface area contributed by atoms with Crippen molar-refractivity contribution < 1.29 is 28.7 Å². The molecule has 6 nitrogen and oxygen atoms in total. The third-order valence-electron chi connectivity index (χ3n) is 2.90. The van der Waals surface area contributed by atoms with Crippen LogP contribution in [0, 0.1) is 5.92 Å². The van der Waals surface area contributed by atoms with Crippen LogP contribution in [-0.4, -0.2) is 55.5 Å². The van der Waals surface area contributed by atoms with Gasteiger partial charge in [0.05, 0.1) is 21.1 Å². The summed E-state index contributed by atoms with van der Waals surface area (Å²) in [4.78, 5) is 35.5. The Labute approximate surface area is 126 Å². The van der Waals surface area contributed by atoms with Gasteiger partial charge in [-0.3, -0.25) is 9.59 Å². The summed E-state index contributed by atoms with van der Waals surface area (Å²) in [5.41, 5.74) is -1.67. The molecule has 122 valence electrons. The smallest absolute Gasteiger partial charge is 0.307 e. The number of carbonyl (C=O) groups is 3. The summed E-state index contributed by atoms with van der Waals surface area (Å²) in [7, 11) is 5.43. The molecular weight excluding hydrogens is 274 g/mol. The lowest BCUT2D eigenvalue weighted by molar-refractivity contribution is -0.875. The number of carboxylic acid groups (broad SMARTS) is 1. The average Bonchev–Trinajstić information content (AvgIpc) is 2.24. The van der Waals surface area contributed by atoms with Gasteiger partial charge in [-0.25, -0.2) is 0 Å². The van der Waals surface area contributed by atoms with Gasteiger partial charge in [-0.2, -0.15) is 0 Å². The lowest BCUT2D eigenvalue weighted by atomic mass is 9.86. The normalized spacial score (nSPS) is 14.6. The summed E-state index contributed by atoms with van der Waals surface area (Å²) in [5, 5.41) is 11.1. The van der Waals surface area contributed by atoms with Crippen LogP contribution < -0.4 is 5.11 Å². The summed E-state index contributed by atoms with van der Waals surface area (Å²) in [6.45, 7) is 5.23. The fourth-order valence-electron chi connectivity index (χ4n) is 2.34. The van der Waals surface area contributed by atoms with Crippen molar-refractivity contribution in [3.05, 3.63) is 0 Å². The van der Waals surface area contributed by atoms with Crippen molar-refractivity contribution >= 4 is 17.7 Å². The van der Waals surface area contributed by atoms with E-state index in [0.29, 0.717) is 10.9 Å². The highest BCUT2D eigenvalue weighted by Gasteiger charge is 2.47. The van der Waals surface area contributed by atoms with Gasteiger partial charge >= 0.3 is 5.97 Å². The van der Waals surface area contributed by atoms with Crippen molar-refractivity contribution in [2.24, 2.45) is 5.92 Å². The molecule has 1 unspecified atom stereocenters. The molecule has 0 aliphatic carbocycles. The van der Waals surface area contributed by atoms with Crippen molar-refractivity contribution in [1.82, 2.24) is 0 Å². The number of hydrogen-bond donors (Lipinski definition) is 0. The Hall–Kier alpha value is -1.43. The number of rotatable bonds is 9. The first-order valence-corrected chi connectivity index (χ1v) is 7.20. The van der Waals surface area contributed by atoms with Gasteiger partial charge in [-0.05, 0) is 6.42 Å². The number of nitrogens with zero attached hydrogens (tertiary/aromatic N) is 1. The van der Waals surface area contributed by atoms with Crippen molar-refractivity contribution in [2.75, 3.05) is 27.7 Å². The minimum Gasteiger partial charge on any atom is -0.550 e. The van der Waals surface area contributed by atoms with Gasteiger partial charge in [0.2, 0.25) is 5.60 Å². The number of likely N-dealkylation sites (N-methyl/N-ethyl adjacent to an activating group) is 1. The Morgan fingerprint density at radius 3 is 2.05 bits per heavy atom. The number of quaternary nitrogens is 1. The molecule has 0 spiro atoms. The Morgan fingerprint density at radius 1 is 1.19 bits per heavy atom. The number of esters is 1. The van der Waals surface area contributed by atoms with Crippen LogP contribution in [-0.2, 0) is 19.1 Å². The van der Waals surface area contributed by atoms with Crippen LogP contribution in [0.2, 0.25) is 0 Å². The largest absolute Gasteiger partial charge is 0.550 e. The minimum atomic E-state index is -1.67. The molecule has 0 aliphatic rings. The van der Waals surface area contributed by atoms with Gasteiger partial charge in [0.25, 0.3) is 0 Å². The predicted molar refractivity (Wildman–Crippen MR) is 76.1 cm³/mol. The summed E-state index contributed by atoms with van der Waals surface area (Å²) < 4.78 is 5.66. The summed E-state index contributed by atoms with van der Waals surface area (Å²) in [5.74, 6) is -2.78. The maximum Gasteiger partial charge on any atom is 0.307 e. The summed E-state index contributed by atoms with van der Waals surface area (Å²) >= 11 is 0. The Balaban J connectivity index is 5.65. The molecule has 0 radical (unpaired) electrons. The summed E-state index contributed by atoms with van der Waals surface area (Å²) in [6.07, 6.45) is 0.104. The zero-order valence-corrected chi connectivity index (χ0v) is 13.9. The van der Waals surface area contributed by atoms with Crippen LogP contribution >= 0.6 is 0 Å². The zero-order valence-electron chi connectivity index (χ0n) is 13.9. The van der Waals surface area contributed by atoms with E-state index in [0.717, 1.165) is 0 Å². The van der Waals surface area contributed by atoms with Gasteiger partial charge in [0.1, 0.15) is 6.54 Å². The highest BCUT2D eigenvalue weighted by Crippen LogP contribution is 2.25. The number of ether oxygens (including phenoxy) is 1. The fourth-order valence-corrected chi connectivity index (χ4v) is 2.34. The van der Waals surface area contributed by atoms with E-state index in [1.807, 2.05) is 28.1 Å². The van der Waals surface area contributed by atoms with Crippen molar-refractivity contribution in [3.63, 3.8) is 0 Å². The molecule has 0 rings (SSSR count). The quantitative estimate of drug-likeness (QED) is 0.447. The van der Waals surface area contributed by atoms with E-state index in [9.17, 15) is 19.5 Å². The van der Waals surface area contributed by atoms with Gasteiger partial charge in [0.15, 0.2) is 5.78 Å². The van der Waals surface area contributed by atoms with E-state index in [2.05, 4.69) is 0 Å². The molecule has 0 N–H and O–H groups in total. The molecule has 0 aromatic carbocycles. The SMILES string of the molecule is CCCC(=O)OC(CC(=O)[O-])(C[N+](C)(C)C)C(=O)C(C)C. The van der Waals surface area contributed by atoms with Crippen LogP contribution in [0.3, 0.4) is 0 Å². The maximum atomic E-state index is 12.5. The van der Waals surface area contributed by atoms with E-state index >= 15 is 0 Å². The molecule has 0 bridgehead atoms. The Kier molecular flexibility index (Phi) is 7.03. The van der Waals surface area contributed by atoms with Gasteiger partial charge in [0, 0.05) is 24.7 Å². The maximum absolute atomic E-state index is 12.5. The number of Topliss-reactive ketones (excluding diaryl/α,β-unsaturated/α-hetero) is 1. The van der Waals surface area contributed by atoms with Crippen LogP contribution in [0.5, 0.6) is 0 Å². The minimum absolute atomic E-state index is 0.0907. The van der Waals surface area contributed by atoms with Gasteiger partial charge < -0.3 is 19.1 Å². The third-order valence-corrected chi connectivity index (χ3v) is 2.90. The number of carbonyl (C=O) groups excluding carboxylic acids is 3. The van der Waals surface area contributed by atoms with E-state index in [4.69, 9.17) is 4.74 Å². The molecule has 21 heavy (non-hydrogen) atoms. The van der Waals surface area contributed by atoms with Gasteiger partial charge in [-0.15, -0.1) is 0 Å². The molecule has 0 amide bonds. The van der Waals surface area contributed by atoms with Crippen molar-refractivity contribution in [3.8, 4) is 0 Å². The second-order valence-electron chi connectivity index (χ2n) is 6.73. The Bertz CT molecular complexity index is 397. The topological polar surface area (TPSA) is 83.5 Å². The van der Waals surface area contributed by atoms with Crippen molar-refractivity contribution in [1.29, 1.82) is 0 Å². The van der Waals surface area contributed by atoms with E-state index in [1.54, 1.807) is 13.8 Å². The zero-order chi connectivity index (χ0) is 16.8. The number of hydrogen-bond acceptors (Lipinski definition) is 5. The van der Waals surface area contributed by atoms with Crippen LogP contribution in [0.4, 0.5) is 0 Å². The van der Waals surface area contributed by atoms with E-state index in [-0.39, 0.29) is 18.7 Å². The highest BCUT2D eigenvalue weighted by molar-refractivity contribution is 5.94. The number of ketones is 1. The molecular formula is C15H27NO5. The molecule has 0 saturated heterocycles. The molecule has 0 heterocycles. The second-order valence-corrected chi connectivity index (χ2v) is 6.73.